The molecule has 3 aromatic rings. The third-order valence-corrected chi connectivity index (χ3v) is 5.64. The summed E-state index contributed by atoms with van der Waals surface area (Å²) in [5.41, 5.74) is 3.62. The Labute approximate surface area is 185 Å². The van der Waals surface area contributed by atoms with Crippen LogP contribution in [0.5, 0.6) is 0 Å². The van der Waals surface area contributed by atoms with Gasteiger partial charge in [0.15, 0.2) is 0 Å². The number of aryl methyl sites for hydroxylation is 1. The molecular formula is C22H21Cl2N5O. The number of benzene rings is 2. The number of halogens is 2. The normalized spacial score (nSPS) is 12.6. The van der Waals surface area contributed by atoms with Gasteiger partial charge in [-0.25, -0.2) is 9.97 Å². The number of carbonyl (C=O) groups is 1. The zero-order valence-corrected chi connectivity index (χ0v) is 18.2. The number of nitrogens with one attached hydrogen (secondary N) is 2. The number of rotatable bonds is 5. The summed E-state index contributed by atoms with van der Waals surface area (Å²) in [6.07, 6.45) is 0.845. The van der Waals surface area contributed by atoms with Crippen molar-refractivity contribution in [2.45, 2.75) is 19.9 Å². The fourth-order valence-electron chi connectivity index (χ4n) is 3.54. The summed E-state index contributed by atoms with van der Waals surface area (Å²) in [6.45, 7) is 3.02. The van der Waals surface area contributed by atoms with E-state index in [1.807, 2.05) is 44.3 Å². The molecule has 4 rings (SSSR count). The zero-order chi connectivity index (χ0) is 21.3. The van der Waals surface area contributed by atoms with Gasteiger partial charge in [0.2, 0.25) is 0 Å². The van der Waals surface area contributed by atoms with E-state index in [0.29, 0.717) is 28.0 Å². The molecule has 0 spiro atoms. The molecule has 6 nitrogen and oxygen atoms in total. The van der Waals surface area contributed by atoms with E-state index in [9.17, 15) is 4.79 Å². The zero-order valence-electron chi connectivity index (χ0n) is 16.7. The molecule has 1 amide bonds. The van der Waals surface area contributed by atoms with Crippen LogP contribution in [0.15, 0.2) is 42.5 Å². The van der Waals surface area contributed by atoms with Gasteiger partial charge < -0.3 is 15.5 Å². The van der Waals surface area contributed by atoms with Gasteiger partial charge >= 0.3 is 0 Å². The number of anilines is 3. The molecule has 0 atom stereocenters. The Morgan fingerprint density at radius 2 is 1.97 bits per heavy atom. The van der Waals surface area contributed by atoms with E-state index in [2.05, 4.69) is 25.5 Å². The maximum absolute atomic E-state index is 12.7. The van der Waals surface area contributed by atoms with E-state index in [1.54, 1.807) is 12.1 Å². The molecule has 1 aliphatic heterocycles. The van der Waals surface area contributed by atoms with Crippen LogP contribution >= 0.6 is 23.2 Å². The van der Waals surface area contributed by atoms with Crippen LogP contribution in [-0.2, 0) is 13.0 Å². The lowest BCUT2D eigenvalue weighted by molar-refractivity contribution is 0.0951. The summed E-state index contributed by atoms with van der Waals surface area (Å²) >= 11 is 12.1. The number of nitrogens with zero attached hydrogens (tertiary/aromatic N) is 3. The van der Waals surface area contributed by atoms with E-state index in [-0.39, 0.29) is 5.91 Å². The minimum Gasteiger partial charge on any atom is -0.373 e. The van der Waals surface area contributed by atoms with Gasteiger partial charge in [-0.15, -0.1) is 0 Å². The van der Waals surface area contributed by atoms with Crippen molar-refractivity contribution >= 4 is 46.4 Å². The molecule has 1 aliphatic rings. The van der Waals surface area contributed by atoms with Crippen LogP contribution in [0, 0.1) is 6.92 Å². The van der Waals surface area contributed by atoms with Gasteiger partial charge in [0, 0.05) is 47.5 Å². The maximum atomic E-state index is 12.7. The third-order valence-electron chi connectivity index (χ3n) is 5.05. The lowest BCUT2D eigenvalue weighted by Gasteiger charge is -2.19. The van der Waals surface area contributed by atoms with Gasteiger partial charge in [0.25, 0.3) is 5.91 Å². The summed E-state index contributed by atoms with van der Waals surface area (Å²) in [5, 5.41) is 7.09. The minimum absolute atomic E-state index is 0.141. The van der Waals surface area contributed by atoms with Crippen LogP contribution in [-0.4, -0.2) is 29.5 Å². The van der Waals surface area contributed by atoms with E-state index in [4.69, 9.17) is 23.2 Å². The summed E-state index contributed by atoms with van der Waals surface area (Å²) in [5.74, 6) is 2.20. The van der Waals surface area contributed by atoms with Crippen molar-refractivity contribution in [3.63, 3.8) is 0 Å². The van der Waals surface area contributed by atoms with Crippen LogP contribution in [0.25, 0.3) is 0 Å². The highest BCUT2D eigenvalue weighted by Crippen LogP contribution is 2.34. The molecule has 0 radical (unpaired) electrons. The lowest BCUT2D eigenvalue weighted by atomic mass is 10.1. The average molecular weight is 442 g/mol. The highest BCUT2D eigenvalue weighted by Gasteiger charge is 2.23. The van der Waals surface area contributed by atoms with E-state index in [0.717, 1.165) is 41.4 Å². The minimum atomic E-state index is -0.141. The van der Waals surface area contributed by atoms with Crippen molar-refractivity contribution in [1.82, 2.24) is 15.3 Å². The van der Waals surface area contributed by atoms with E-state index < -0.39 is 0 Å². The van der Waals surface area contributed by atoms with Crippen LogP contribution in [0.1, 0.15) is 27.3 Å². The third kappa shape index (κ3) is 4.20. The first-order valence-electron chi connectivity index (χ1n) is 9.60. The first-order valence-corrected chi connectivity index (χ1v) is 10.4. The summed E-state index contributed by atoms with van der Waals surface area (Å²) in [6, 6.07) is 12.9. The SMILES string of the molecule is CNc1cc(N2CCc3cc(C(=O)NCc4ccc(Cl)cc4Cl)ccc32)nc(C)n1. The monoisotopic (exact) mass is 441 g/mol. The number of fused-ring (bicyclic) bond motifs is 1. The Hall–Kier alpha value is -2.83. The van der Waals surface area contributed by atoms with Crippen molar-refractivity contribution in [3.05, 3.63) is 75.0 Å². The first kappa shape index (κ1) is 20.4. The standard InChI is InChI=1S/C22H21Cl2N5O/c1-13-27-20(25-2)11-21(28-13)29-8-7-14-9-15(4-6-19(14)29)22(30)26-12-16-3-5-17(23)10-18(16)24/h3-6,9-11H,7-8,12H2,1-2H3,(H,26,30)(H,25,27,28). The molecule has 0 saturated heterocycles. The second kappa shape index (κ2) is 8.50. The molecule has 0 unspecified atom stereocenters. The molecule has 2 aromatic carbocycles. The highest BCUT2D eigenvalue weighted by molar-refractivity contribution is 6.35. The molecule has 0 fully saturated rings. The van der Waals surface area contributed by atoms with Crippen molar-refractivity contribution in [3.8, 4) is 0 Å². The van der Waals surface area contributed by atoms with Crippen molar-refractivity contribution in [2.75, 3.05) is 23.8 Å². The molecule has 1 aromatic heterocycles. The van der Waals surface area contributed by atoms with Crippen LogP contribution in [0.3, 0.4) is 0 Å². The second-order valence-electron chi connectivity index (χ2n) is 7.07. The fraction of sp³-hybridized carbons (Fsp3) is 0.227. The van der Waals surface area contributed by atoms with Crippen LogP contribution in [0.2, 0.25) is 10.0 Å². The Bertz CT molecular complexity index is 1120. The van der Waals surface area contributed by atoms with Gasteiger partial charge in [-0.05, 0) is 54.8 Å². The first-order chi connectivity index (χ1) is 14.4. The second-order valence-corrected chi connectivity index (χ2v) is 7.92. The predicted octanol–water partition coefficient (Wildman–Crippen LogP) is 4.76. The number of carbonyl (C=O) groups excluding carboxylic acids is 1. The van der Waals surface area contributed by atoms with Crippen molar-refractivity contribution < 1.29 is 4.79 Å². The van der Waals surface area contributed by atoms with Crippen molar-refractivity contribution in [1.29, 1.82) is 0 Å². The van der Waals surface area contributed by atoms with Gasteiger partial charge in [-0.1, -0.05) is 29.3 Å². The molecule has 2 N–H and O–H groups in total. The Balaban J connectivity index is 1.50. The average Bonchev–Trinajstić information content (AvgIpc) is 3.15. The molecule has 0 bridgehead atoms. The summed E-state index contributed by atoms with van der Waals surface area (Å²) in [7, 11) is 1.84. The van der Waals surface area contributed by atoms with Gasteiger partial charge in [-0.2, -0.15) is 0 Å². The summed E-state index contributed by atoms with van der Waals surface area (Å²) < 4.78 is 0. The maximum Gasteiger partial charge on any atom is 0.251 e. The number of hydrogen-bond donors (Lipinski definition) is 2. The van der Waals surface area contributed by atoms with E-state index >= 15 is 0 Å². The fourth-order valence-corrected chi connectivity index (χ4v) is 4.02. The van der Waals surface area contributed by atoms with E-state index in [1.165, 1.54) is 0 Å². The smallest absolute Gasteiger partial charge is 0.251 e. The van der Waals surface area contributed by atoms with Gasteiger partial charge in [0.05, 0.1) is 0 Å². The number of amides is 1. The van der Waals surface area contributed by atoms with Crippen LogP contribution in [0.4, 0.5) is 17.3 Å². The number of aromatic nitrogens is 2. The Kier molecular flexibility index (Phi) is 5.79. The van der Waals surface area contributed by atoms with Crippen molar-refractivity contribution in [2.24, 2.45) is 0 Å². The quantitative estimate of drug-likeness (QED) is 0.597. The predicted molar refractivity (Wildman–Crippen MR) is 121 cm³/mol. The summed E-state index contributed by atoms with van der Waals surface area (Å²) in [4.78, 5) is 23.7. The molecule has 30 heavy (non-hydrogen) atoms. The molecule has 154 valence electrons. The molecular weight excluding hydrogens is 421 g/mol. The molecule has 2 heterocycles. The molecule has 0 aliphatic carbocycles. The van der Waals surface area contributed by atoms with Crippen LogP contribution < -0.4 is 15.5 Å². The Morgan fingerprint density at radius 1 is 1.13 bits per heavy atom. The topological polar surface area (TPSA) is 70.2 Å². The highest BCUT2D eigenvalue weighted by atomic mass is 35.5. The van der Waals surface area contributed by atoms with Gasteiger partial charge in [-0.3, -0.25) is 4.79 Å². The molecule has 8 heteroatoms. The number of hydrogen-bond acceptors (Lipinski definition) is 5. The largest absolute Gasteiger partial charge is 0.373 e. The van der Waals surface area contributed by atoms with Gasteiger partial charge in [0.1, 0.15) is 17.5 Å². The molecule has 0 saturated carbocycles. The lowest BCUT2D eigenvalue weighted by Crippen LogP contribution is -2.23. The Morgan fingerprint density at radius 3 is 2.73 bits per heavy atom.